The minimum absolute atomic E-state index is 0.896. The van der Waals surface area contributed by atoms with Crippen molar-refractivity contribution in [2.24, 2.45) is 0 Å². The number of aromatic nitrogens is 4. The Labute approximate surface area is 97.6 Å². The fourth-order valence-electron chi connectivity index (χ4n) is 1.42. The second-order valence-corrected chi connectivity index (χ2v) is 4.65. The highest BCUT2D eigenvalue weighted by Crippen LogP contribution is 2.30. The number of aromatic amines is 1. The standard InChI is InChI=1S/C9H5BrN4S/c10-6-3-5(7-1-2-11-12-7)4-8-9(6)15-14-13-8/h1-4H,(H,11,12). The molecule has 2 heterocycles. The van der Waals surface area contributed by atoms with E-state index in [9.17, 15) is 0 Å². The van der Waals surface area contributed by atoms with Crippen molar-refractivity contribution in [2.45, 2.75) is 0 Å². The molecule has 0 radical (unpaired) electrons. The van der Waals surface area contributed by atoms with Crippen LogP contribution in [0.1, 0.15) is 0 Å². The van der Waals surface area contributed by atoms with E-state index < -0.39 is 0 Å². The zero-order valence-corrected chi connectivity index (χ0v) is 9.84. The molecule has 1 N–H and O–H groups in total. The minimum atomic E-state index is 0.896. The van der Waals surface area contributed by atoms with Crippen LogP contribution >= 0.6 is 27.5 Å². The number of nitrogens with zero attached hydrogens (tertiary/aromatic N) is 3. The number of hydrogen-bond donors (Lipinski definition) is 1. The van der Waals surface area contributed by atoms with Gasteiger partial charge in [0.25, 0.3) is 0 Å². The van der Waals surface area contributed by atoms with E-state index in [4.69, 9.17) is 0 Å². The molecule has 6 heteroatoms. The normalized spacial score (nSPS) is 11.0. The third-order valence-electron chi connectivity index (χ3n) is 2.10. The maximum absolute atomic E-state index is 4.13. The van der Waals surface area contributed by atoms with Gasteiger partial charge in [0.05, 0.1) is 10.4 Å². The summed E-state index contributed by atoms with van der Waals surface area (Å²) in [6, 6.07) is 5.94. The third kappa shape index (κ3) is 1.46. The molecule has 74 valence electrons. The van der Waals surface area contributed by atoms with Crippen LogP contribution in [-0.4, -0.2) is 19.8 Å². The minimum Gasteiger partial charge on any atom is -0.285 e. The molecule has 0 atom stereocenters. The van der Waals surface area contributed by atoms with Crippen LogP contribution in [0, 0.1) is 0 Å². The Kier molecular flexibility index (Phi) is 2.03. The van der Waals surface area contributed by atoms with E-state index in [0.717, 1.165) is 25.9 Å². The topological polar surface area (TPSA) is 54.5 Å². The van der Waals surface area contributed by atoms with Crippen LogP contribution in [0.4, 0.5) is 0 Å². The molecular weight excluding hydrogens is 276 g/mol. The lowest BCUT2D eigenvalue weighted by Gasteiger charge is -1.97. The van der Waals surface area contributed by atoms with Crippen LogP contribution in [0.5, 0.6) is 0 Å². The van der Waals surface area contributed by atoms with Gasteiger partial charge in [-0.2, -0.15) is 5.10 Å². The van der Waals surface area contributed by atoms with Gasteiger partial charge in [0, 0.05) is 16.2 Å². The van der Waals surface area contributed by atoms with Gasteiger partial charge in [-0.1, -0.05) is 4.49 Å². The summed E-state index contributed by atoms with van der Waals surface area (Å²) < 4.78 is 5.99. The van der Waals surface area contributed by atoms with Gasteiger partial charge in [-0.05, 0) is 45.7 Å². The molecule has 4 nitrogen and oxygen atoms in total. The quantitative estimate of drug-likeness (QED) is 0.746. The van der Waals surface area contributed by atoms with E-state index in [1.54, 1.807) is 6.20 Å². The Hall–Kier alpha value is -1.27. The van der Waals surface area contributed by atoms with E-state index in [1.807, 2.05) is 18.2 Å². The van der Waals surface area contributed by atoms with Gasteiger partial charge in [-0.15, -0.1) is 5.10 Å². The van der Waals surface area contributed by atoms with Gasteiger partial charge >= 0.3 is 0 Å². The summed E-state index contributed by atoms with van der Waals surface area (Å²) in [7, 11) is 0. The average molecular weight is 281 g/mol. The average Bonchev–Trinajstić information content (AvgIpc) is 2.88. The zero-order chi connectivity index (χ0) is 10.3. The summed E-state index contributed by atoms with van der Waals surface area (Å²) in [5, 5.41) is 11.0. The maximum atomic E-state index is 4.13. The molecule has 0 aliphatic heterocycles. The molecule has 1 aromatic carbocycles. The molecule has 0 aliphatic carbocycles. The molecule has 0 fully saturated rings. The van der Waals surface area contributed by atoms with E-state index >= 15 is 0 Å². The summed E-state index contributed by atoms with van der Waals surface area (Å²) >= 11 is 4.89. The van der Waals surface area contributed by atoms with Crippen molar-refractivity contribution in [1.82, 2.24) is 19.8 Å². The molecule has 0 saturated carbocycles. The summed E-state index contributed by atoms with van der Waals surface area (Å²) in [6.07, 6.45) is 1.80. The smallest absolute Gasteiger partial charge is 0.107 e. The molecule has 15 heavy (non-hydrogen) atoms. The predicted molar refractivity (Wildman–Crippen MR) is 62.7 cm³/mol. The molecule has 0 unspecified atom stereocenters. The first-order chi connectivity index (χ1) is 7.34. The lowest BCUT2D eigenvalue weighted by atomic mass is 10.1. The highest BCUT2D eigenvalue weighted by molar-refractivity contribution is 9.10. The summed E-state index contributed by atoms with van der Waals surface area (Å²) in [5.41, 5.74) is 2.83. The van der Waals surface area contributed by atoms with Crippen molar-refractivity contribution in [3.63, 3.8) is 0 Å². The van der Waals surface area contributed by atoms with Crippen LogP contribution in [-0.2, 0) is 0 Å². The number of H-pyrrole nitrogens is 1. The van der Waals surface area contributed by atoms with Gasteiger partial charge in [0.1, 0.15) is 5.52 Å². The molecule has 0 aliphatic rings. The fourth-order valence-corrected chi connectivity index (χ4v) is 2.63. The van der Waals surface area contributed by atoms with Crippen LogP contribution in [0.25, 0.3) is 21.5 Å². The van der Waals surface area contributed by atoms with Gasteiger partial charge < -0.3 is 0 Å². The Morgan fingerprint density at radius 2 is 2.27 bits per heavy atom. The third-order valence-corrected chi connectivity index (χ3v) is 3.76. The molecule has 2 aromatic heterocycles. The first kappa shape index (κ1) is 8.99. The molecule has 0 bridgehead atoms. The molecule has 3 aromatic rings. The monoisotopic (exact) mass is 280 g/mol. The number of rotatable bonds is 1. The lowest BCUT2D eigenvalue weighted by Crippen LogP contribution is -1.79. The number of hydrogen-bond acceptors (Lipinski definition) is 4. The number of benzene rings is 1. The van der Waals surface area contributed by atoms with Crippen molar-refractivity contribution in [3.8, 4) is 11.3 Å². The fraction of sp³-hybridized carbons (Fsp3) is 0. The molecule has 0 spiro atoms. The molecule has 3 rings (SSSR count). The van der Waals surface area contributed by atoms with Crippen LogP contribution in [0.2, 0.25) is 0 Å². The lowest BCUT2D eigenvalue weighted by molar-refractivity contribution is 1.10. The second-order valence-electron chi connectivity index (χ2n) is 3.04. The first-order valence-corrected chi connectivity index (χ1v) is 5.83. The number of nitrogens with one attached hydrogen (secondary N) is 1. The van der Waals surface area contributed by atoms with Gasteiger partial charge in [0.2, 0.25) is 0 Å². The Morgan fingerprint density at radius 3 is 3.07 bits per heavy atom. The van der Waals surface area contributed by atoms with Crippen molar-refractivity contribution in [3.05, 3.63) is 28.9 Å². The van der Waals surface area contributed by atoms with E-state index in [2.05, 4.69) is 35.7 Å². The van der Waals surface area contributed by atoms with Crippen molar-refractivity contribution in [1.29, 1.82) is 0 Å². The highest BCUT2D eigenvalue weighted by Gasteiger charge is 2.08. The zero-order valence-electron chi connectivity index (χ0n) is 7.44. The van der Waals surface area contributed by atoms with Crippen molar-refractivity contribution in [2.75, 3.05) is 0 Å². The van der Waals surface area contributed by atoms with Crippen LogP contribution in [0.3, 0.4) is 0 Å². The molecule has 0 saturated heterocycles. The largest absolute Gasteiger partial charge is 0.285 e. The van der Waals surface area contributed by atoms with Gasteiger partial charge in [-0.3, -0.25) is 5.10 Å². The Bertz CT molecular complexity index is 602. The van der Waals surface area contributed by atoms with E-state index in [-0.39, 0.29) is 0 Å². The van der Waals surface area contributed by atoms with E-state index in [1.165, 1.54) is 11.5 Å². The Balaban J connectivity index is 2.29. The van der Waals surface area contributed by atoms with E-state index in [0.29, 0.717) is 0 Å². The van der Waals surface area contributed by atoms with Gasteiger partial charge in [0.15, 0.2) is 0 Å². The Morgan fingerprint density at radius 1 is 1.33 bits per heavy atom. The highest BCUT2D eigenvalue weighted by atomic mass is 79.9. The number of halogens is 1. The molecular formula is C9H5BrN4S. The van der Waals surface area contributed by atoms with Crippen LogP contribution < -0.4 is 0 Å². The molecule has 0 amide bonds. The van der Waals surface area contributed by atoms with Crippen molar-refractivity contribution < 1.29 is 0 Å². The maximum Gasteiger partial charge on any atom is 0.107 e. The summed E-state index contributed by atoms with van der Waals surface area (Å²) in [5.74, 6) is 0. The predicted octanol–water partition coefficient (Wildman–Crippen LogP) is 2.84. The summed E-state index contributed by atoms with van der Waals surface area (Å²) in [4.78, 5) is 0. The first-order valence-electron chi connectivity index (χ1n) is 4.26. The number of fused-ring (bicyclic) bond motifs is 1. The van der Waals surface area contributed by atoms with Crippen LogP contribution in [0.15, 0.2) is 28.9 Å². The summed E-state index contributed by atoms with van der Waals surface area (Å²) in [6.45, 7) is 0. The van der Waals surface area contributed by atoms with Crippen molar-refractivity contribution >= 4 is 37.7 Å². The second kappa shape index (κ2) is 3.39. The van der Waals surface area contributed by atoms with Gasteiger partial charge in [-0.25, -0.2) is 0 Å². The SMILES string of the molecule is Brc1cc(-c2cc[nH]n2)cc2nnsc12.